The quantitative estimate of drug-likeness (QED) is 0.105. The van der Waals surface area contributed by atoms with Gasteiger partial charge in [0.1, 0.15) is 30.6 Å². The van der Waals surface area contributed by atoms with Gasteiger partial charge in [0.2, 0.25) is 0 Å². The number of hydrogen-bond donors (Lipinski definition) is 2. The molecule has 1 aromatic heterocycles. The fourth-order valence-corrected chi connectivity index (χ4v) is 5.01. The number of hydrazine groups is 1. The molecule has 4 aromatic carbocycles. The fourth-order valence-electron chi connectivity index (χ4n) is 5.01. The Balaban J connectivity index is 1.53. The van der Waals surface area contributed by atoms with Crippen molar-refractivity contribution in [1.82, 2.24) is 9.91 Å². The standard InChI is InChI=1S/C37H42N4O3/c1-4-27-15-16-30-22-36(44-34(30)21-27)37(41(39)24-32(38)19-20-40(2)3)31-17-18-33(42-25-28-11-7-5-8-12-28)35(23-31)43-26-29-13-9-6-10-14-29/h5-18,21-24,37H,4,19-20,25-26,38-39H2,1-3H3/b32-24-. The summed E-state index contributed by atoms with van der Waals surface area (Å²) in [6, 6.07) is 34.0. The molecule has 0 aliphatic rings. The Hall–Kier alpha value is -4.72. The van der Waals surface area contributed by atoms with Crippen LogP contribution in [0.25, 0.3) is 11.0 Å². The van der Waals surface area contributed by atoms with Gasteiger partial charge in [-0.3, -0.25) is 0 Å². The third-order valence-electron chi connectivity index (χ3n) is 7.50. The minimum absolute atomic E-state index is 0.394. The maximum absolute atomic E-state index is 6.79. The number of ether oxygens (including phenoxy) is 2. The summed E-state index contributed by atoms with van der Waals surface area (Å²) >= 11 is 0. The zero-order valence-electron chi connectivity index (χ0n) is 25.8. The summed E-state index contributed by atoms with van der Waals surface area (Å²) in [6.07, 6.45) is 3.41. The van der Waals surface area contributed by atoms with E-state index < -0.39 is 6.04 Å². The van der Waals surface area contributed by atoms with Crippen LogP contribution in [0.3, 0.4) is 0 Å². The van der Waals surface area contributed by atoms with E-state index in [2.05, 4.69) is 30.0 Å². The summed E-state index contributed by atoms with van der Waals surface area (Å²) < 4.78 is 19.1. The van der Waals surface area contributed by atoms with Crippen LogP contribution in [-0.4, -0.2) is 30.5 Å². The monoisotopic (exact) mass is 590 g/mol. The first-order chi connectivity index (χ1) is 21.4. The van der Waals surface area contributed by atoms with Crippen molar-refractivity contribution < 1.29 is 13.9 Å². The van der Waals surface area contributed by atoms with E-state index in [1.807, 2.05) is 99.0 Å². The SMILES string of the molecule is CCc1ccc2cc(C(c3ccc(OCc4ccccc4)c(OCc4ccccc4)c3)N(N)/C=C(\N)CCN(C)C)oc2c1. The third-order valence-corrected chi connectivity index (χ3v) is 7.50. The molecule has 1 unspecified atom stereocenters. The van der Waals surface area contributed by atoms with Gasteiger partial charge in [-0.05, 0) is 67.0 Å². The van der Waals surface area contributed by atoms with E-state index >= 15 is 0 Å². The normalized spacial score (nSPS) is 12.4. The van der Waals surface area contributed by atoms with Crippen LogP contribution in [0.1, 0.15) is 47.4 Å². The van der Waals surface area contributed by atoms with Crippen molar-refractivity contribution in [3.63, 3.8) is 0 Å². The van der Waals surface area contributed by atoms with Crippen LogP contribution >= 0.6 is 0 Å². The van der Waals surface area contributed by atoms with Crippen molar-refractivity contribution in [3.05, 3.63) is 143 Å². The van der Waals surface area contributed by atoms with Crippen LogP contribution in [0.15, 0.2) is 119 Å². The van der Waals surface area contributed by atoms with Crippen LogP contribution in [0.4, 0.5) is 0 Å². The lowest BCUT2D eigenvalue weighted by Crippen LogP contribution is -2.32. The molecule has 1 heterocycles. The molecular weight excluding hydrogens is 548 g/mol. The molecule has 5 aromatic rings. The van der Waals surface area contributed by atoms with E-state index in [1.165, 1.54) is 5.56 Å². The smallest absolute Gasteiger partial charge is 0.162 e. The molecule has 7 nitrogen and oxygen atoms in total. The number of aryl methyl sites for hydroxylation is 1. The van der Waals surface area contributed by atoms with Gasteiger partial charge in [-0.1, -0.05) is 85.8 Å². The number of hydrogen-bond acceptors (Lipinski definition) is 7. The largest absolute Gasteiger partial charge is 0.485 e. The molecule has 0 spiro atoms. The summed E-state index contributed by atoms with van der Waals surface area (Å²) in [6.45, 7) is 3.76. The second-order valence-electron chi connectivity index (χ2n) is 11.2. The zero-order chi connectivity index (χ0) is 30.9. The van der Waals surface area contributed by atoms with Gasteiger partial charge >= 0.3 is 0 Å². The summed E-state index contributed by atoms with van der Waals surface area (Å²) in [5, 5.41) is 2.65. The molecule has 7 heteroatoms. The van der Waals surface area contributed by atoms with Crippen LogP contribution in [0, 0.1) is 0 Å². The predicted molar refractivity (Wildman–Crippen MR) is 177 cm³/mol. The van der Waals surface area contributed by atoms with E-state index in [1.54, 1.807) is 11.2 Å². The minimum Gasteiger partial charge on any atom is -0.485 e. The van der Waals surface area contributed by atoms with E-state index in [0.29, 0.717) is 42.6 Å². The molecule has 0 radical (unpaired) electrons. The average Bonchev–Trinajstić information content (AvgIpc) is 3.46. The molecule has 228 valence electrons. The summed E-state index contributed by atoms with van der Waals surface area (Å²) in [4.78, 5) is 2.09. The van der Waals surface area contributed by atoms with Crippen molar-refractivity contribution in [2.45, 2.75) is 39.0 Å². The summed E-state index contributed by atoms with van der Waals surface area (Å²) in [7, 11) is 4.04. The van der Waals surface area contributed by atoms with Gasteiger partial charge in [0.25, 0.3) is 0 Å². The van der Waals surface area contributed by atoms with E-state index in [9.17, 15) is 0 Å². The van der Waals surface area contributed by atoms with Crippen LogP contribution in [-0.2, 0) is 19.6 Å². The first-order valence-corrected chi connectivity index (χ1v) is 15.0. The van der Waals surface area contributed by atoms with Gasteiger partial charge in [-0.15, -0.1) is 0 Å². The van der Waals surface area contributed by atoms with Crippen molar-refractivity contribution in [1.29, 1.82) is 0 Å². The molecule has 0 aliphatic carbocycles. The highest BCUT2D eigenvalue weighted by Gasteiger charge is 2.25. The summed E-state index contributed by atoms with van der Waals surface area (Å²) in [5.74, 6) is 8.76. The second-order valence-corrected chi connectivity index (χ2v) is 11.2. The number of nitrogens with zero attached hydrogens (tertiary/aromatic N) is 2. The highest BCUT2D eigenvalue weighted by Crippen LogP contribution is 2.38. The zero-order valence-corrected chi connectivity index (χ0v) is 25.8. The summed E-state index contributed by atoms with van der Waals surface area (Å²) in [5.41, 5.74) is 12.2. The maximum Gasteiger partial charge on any atom is 0.162 e. The molecule has 0 fully saturated rings. The van der Waals surface area contributed by atoms with Crippen molar-refractivity contribution in [3.8, 4) is 11.5 Å². The average molecular weight is 591 g/mol. The van der Waals surface area contributed by atoms with Crippen LogP contribution in [0.2, 0.25) is 0 Å². The van der Waals surface area contributed by atoms with Gasteiger partial charge < -0.3 is 29.5 Å². The second kappa shape index (κ2) is 14.6. The minimum atomic E-state index is -0.465. The number of nitrogens with two attached hydrogens (primary N) is 2. The highest BCUT2D eigenvalue weighted by atomic mass is 16.5. The Bertz CT molecular complexity index is 1660. The van der Waals surface area contributed by atoms with Crippen molar-refractivity contribution >= 4 is 11.0 Å². The Morgan fingerprint density at radius 3 is 2.09 bits per heavy atom. The molecule has 0 amide bonds. The first-order valence-electron chi connectivity index (χ1n) is 15.0. The molecule has 1 atom stereocenters. The lowest BCUT2D eigenvalue weighted by molar-refractivity contribution is 0.253. The van der Waals surface area contributed by atoms with Gasteiger partial charge in [0, 0.05) is 30.2 Å². The van der Waals surface area contributed by atoms with Crippen molar-refractivity contribution in [2.75, 3.05) is 20.6 Å². The van der Waals surface area contributed by atoms with Crippen LogP contribution in [0.5, 0.6) is 11.5 Å². The molecule has 0 aliphatic heterocycles. The number of fused-ring (bicyclic) bond motifs is 1. The molecule has 0 bridgehead atoms. The predicted octanol–water partition coefficient (Wildman–Crippen LogP) is 7.17. The maximum atomic E-state index is 6.79. The van der Waals surface area contributed by atoms with E-state index in [0.717, 1.165) is 40.6 Å². The number of benzene rings is 4. The Labute approximate surface area is 260 Å². The molecule has 0 saturated carbocycles. The highest BCUT2D eigenvalue weighted by molar-refractivity contribution is 5.79. The molecule has 44 heavy (non-hydrogen) atoms. The fraction of sp³-hybridized carbons (Fsp3) is 0.243. The first kappa shape index (κ1) is 30.7. The lowest BCUT2D eigenvalue weighted by Gasteiger charge is -2.27. The van der Waals surface area contributed by atoms with Crippen molar-refractivity contribution in [2.24, 2.45) is 11.6 Å². The third kappa shape index (κ3) is 8.01. The molecular formula is C37H42N4O3. The molecule has 0 saturated heterocycles. The Kier molecular flexibility index (Phi) is 10.2. The van der Waals surface area contributed by atoms with Gasteiger partial charge in [-0.25, -0.2) is 5.84 Å². The molecule has 4 N–H and O–H groups in total. The molecule has 5 rings (SSSR count). The Morgan fingerprint density at radius 1 is 0.795 bits per heavy atom. The number of furan rings is 1. The van der Waals surface area contributed by atoms with E-state index in [4.69, 9.17) is 25.5 Å². The van der Waals surface area contributed by atoms with Gasteiger partial charge in [-0.2, -0.15) is 0 Å². The topological polar surface area (TPSA) is 90.1 Å². The lowest BCUT2D eigenvalue weighted by atomic mass is 10.0. The van der Waals surface area contributed by atoms with Gasteiger partial charge in [0.05, 0.1) is 0 Å². The van der Waals surface area contributed by atoms with E-state index in [-0.39, 0.29) is 0 Å². The number of rotatable bonds is 14. The van der Waals surface area contributed by atoms with Gasteiger partial charge in [0.15, 0.2) is 11.5 Å². The van der Waals surface area contributed by atoms with Crippen LogP contribution < -0.4 is 21.1 Å². The Morgan fingerprint density at radius 2 is 1.45 bits per heavy atom.